The Labute approximate surface area is 153 Å². The van der Waals surface area contributed by atoms with Crippen LogP contribution in [0.15, 0.2) is 84.9 Å². The second kappa shape index (κ2) is 7.58. The summed E-state index contributed by atoms with van der Waals surface area (Å²) < 4.78 is 6.00. The third kappa shape index (κ3) is 3.76. The lowest BCUT2D eigenvalue weighted by molar-refractivity contribution is -0.132. The van der Waals surface area contributed by atoms with E-state index in [9.17, 15) is 4.79 Å². The van der Waals surface area contributed by atoms with Gasteiger partial charge in [0.05, 0.1) is 0 Å². The maximum atomic E-state index is 12.3. The molecule has 0 spiro atoms. The zero-order chi connectivity index (χ0) is 18.4. The Bertz CT molecular complexity index is 956. The van der Waals surface area contributed by atoms with E-state index < -0.39 is 11.5 Å². The first kappa shape index (κ1) is 17.3. The molecule has 1 unspecified atom stereocenters. The molecule has 1 amide bonds. The summed E-state index contributed by atoms with van der Waals surface area (Å²) >= 11 is 0. The van der Waals surface area contributed by atoms with Crippen LogP contribution in [0.1, 0.15) is 23.6 Å². The highest BCUT2D eigenvalue weighted by Gasteiger charge is 2.37. The molecular weight excluding hydrogens is 322 g/mol. The number of hydrogen-bond acceptors (Lipinski definition) is 2. The molecule has 3 aromatic rings. The van der Waals surface area contributed by atoms with Crippen LogP contribution in [0, 0.1) is 11.8 Å². The van der Waals surface area contributed by atoms with Gasteiger partial charge < -0.3 is 10.5 Å². The van der Waals surface area contributed by atoms with Crippen LogP contribution < -0.4 is 10.5 Å². The van der Waals surface area contributed by atoms with Crippen molar-refractivity contribution in [3.8, 4) is 17.6 Å². The molecule has 128 valence electrons. The van der Waals surface area contributed by atoms with Crippen LogP contribution in [0.25, 0.3) is 0 Å². The van der Waals surface area contributed by atoms with Crippen LogP contribution in [0.2, 0.25) is 0 Å². The number of rotatable bonds is 4. The van der Waals surface area contributed by atoms with E-state index in [0.29, 0.717) is 16.9 Å². The smallest absolute Gasteiger partial charge is 0.266 e. The molecular formula is C23H19NO2. The Morgan fingerprint density at radius 3 is 2.08 bits per heavy atom. The van der Waals surface area contributed by atoms with E-state index in [2.05, 4.69) is 11.8 Å². The predicted molar refractivity (Wildman–Crippen MR) is 102 cm³/mol. The molecule has 3 heteroatoms. The first-order valence-corrected chi connectivity index (χ1v) is 8.30. The Morgan fingerprint density at radius 1 is 0.846 bits per heavy atom. The second-order valence-corrected chi connectivity index (χ2v) is 5.97. The van der Waals surface area contributed by atoms with Crippen molar-refractivity contribution in [2.45, 2.75) is 12.5 Å². The molecule has 0 saturated heterocycles. The van der Waals surface area contributed by atoms with Crippen LogP contribution in [0.5, 0.6) is 5.75 Å². The number of benzene rings is 3. The van der Waals surface area contributed by atoms with Gasteiger partial charge in [-0.05, 0) is 37.3 Å². The Morgan fingerprint density at radius 2 is 1.42 bits per heavy atom. The molecule has 0 aliphatic carbocycles. The van der Waals surface area contributed by atoms with Gasteiger partial charge in [-0.25, -0.2) is 0 Å². The van der Waals surface area contributed by atoms with Gasteiger partial charge in [-0.1, -0.05) is 66.4 Å². The Hall–Kier alpha value is -3.51. The van der Waals surface area contributed by atoms with Crippen molar-refractivity contribution >= 4 is 5.91 Å². The molecule has 3 aromatic carbocycles. The van der Waals surface area contributed by atoms with Crippen molar-refractivity contribution in [2.75, 3.05) is 0 Å². The molecule has 0 saturated carbocycles. The standard InChI is InChI=1S/C23H19NO2/c1-23(22(24)25,26-20-13-6-3-7-14-20)21-15-9-8-12-19(21)17-16-18-10-4-2-5-11-18/h2-15H,1H3,(H2,24,25). The fraction of sp³-hybridized carbons (Fsp3) is 0.0870. The molecule has 2 N–H and O–H groups in total. The van der Waals surface area contributed by atoms with Gasteiger partial charge in [0, 0.05) is 16.7 Å². The number of carbonyl (C=O) groups is 1. The number of nitrogens with two attached hydrogens (primary N) is 1. The van der Waals surface area contributed by atoms with Gasteiger partial charge in [-0.15, -0.1) is 0 Å². The average molecular weight is 341 g/mol. The molecule has 0 heterocycles. The molecule has 0 aliphatic heterocycles. The largest absolute Gasteiger partial charge is 0.473 e. The molecule has 26 heavy (non-hydrogen) atoms. The first-order valence-electron chi connectivity index (χ1n) is 8.30. The molecule has 3 nitrogen and oxygen atoms in total. The summed E-state index contributed by atoms with van der Waals surface area (Å²) in [5, 5.41) is 0. The van der Waals surface area contributed by atoms with Crippen LogP contribution in [-0.4, -0.2) is 5.91 Å². The van der Waals surface area contributed by atoms with E-state index in [1.54, 1.807) is 19.1 Å². The van der Waals surface area contributed by atoms with Crippen molar-refractivity contribution in [2.24, 2.45) is 5.73 Å². The lowest BCUT2D eigenvalue weighted by atomic mass is 9.90. The minimum Gasteiger partial charge on any atom is -0.473 e. The monoisotopic (exact) mass is 341 g/mol. The zero-order valence-electron chi connectivity index (χ0n) is 14.5. The molecule has 0 aromatic heterocycles. The van der Waals surface area contributed by atoms with Crippen molar-refractivity contribution < 1.29 is 9.53 Å². The van der Waals surface area contributed by atoms with Crippen molar-refractivity contribution in [1.82, 2.24) is 0 Å². The summed E-state index contributed by atoms with van der Waals surface area (Å²) in [6.07, 6.45) is 0. The highest BCUT2D eigenvalue weighted by Crippen LogP contribution is 2.30. The maximum Gasteiger partial charge on any atom is 0.266 e. The number of carbonyl (C=O) groups excluding carboxylic acids is 1. The molecule has 0 aliphatic rings. The minimum atomic E-state index is -1.33. The normalized spacial score (nSPS) is 12.3. The van der Waals surface area contributed by atoms with Gasteiger partial charge in [0.2, 0.25) is 5.60 Å². The quantitative estimate of drug-likeness (QED) is 0.733. The fourth-order valence-corrected chi connectivity index (χ4v) is 2.63. The summed E-state index contributed by atoms with van der Waals surface area (Å²) in [6.45, 7) is 1.67. The molecule has 0 radical (unpaired) electrons. The average Bonchev–Trinajstić information content (AvgIpc) is 2.68. The van der Waals surface area contributed by atoms with Gasteiger partial charge in [0.25, 0.3) is 5.91 Å². The molecule has 0 fully saturated rings. The third-order valence-corrected chi connectivity index (χ3v) is 4.09. The molecule has 1 atom stereocenters. The molecule has 0 bridgehead atoms. The van der Waals surface area contributed by atoms with Crippen LogP contribution in [0.3, 0.4) is 0 Å². The van der Waals surface area contributed by atoms with Gasteiger partial charge in [-0.2, -0.15) is 0 Å². The van der Waals surface area contributed by atoms with Crippen molar-refractivity contribution in [3.05, 3.63) is 102 Å². The van der Waals surface area contributed by atoms with E-state index in [-0.39, 0.29) is 0 Å². The molecule has 3 rings (SSSR count). The van der Waals surface area contributed by atoms with Crippen LogP contribution in [-0.2, 0) is 10.4 Å². The maximum absolute atomic E-state index is 12.3. The summed E-state index contributed by atoms with van der Waals surface area (Å²) in [5.41, 5.74) is 6.62. The van der Waals surface area contributed by atoms with Crippen LogP contribution in [0.4, 0.5) is 0 Å². The van der Waals surface area contributed by atoms with Crippen molar-refractivity contribution in [3.63, 3.8) is 0 Å². The van der Waals surface area contributed by atoms with Crippen molar-refractivity contribution in [1.29, 1.82) is 0 Å². The fourth-order valence-electron chi connectivity index (χ4n) is 2.63. The minimum absolute atomic E-state index is 0.569. The summed E-state index contributed by atoms with van der Waals surface area (Å²) in [5.74, 6) is 6.25. The number of amides is 1. The SMILES string of the molecule is CC(Oc1ccccc1)(C(N)=O)c1ccccc1C#Cc1ccccc1. The second-order valence-electron chi connectivity index (χ2n) is 5.97. The van der Waals surface area contributed by atoms with E-state index in [1.165, 1.54) is 0 Å². The lowest BCUT2D eigenvalue weighted by Crippen LogP contribution is -2.44. The Balaban J connectivity index is 2.03. The summed E-state index contributed by atoms with van der Waals surface area (Å²) in [7, 11) is 0. The number of hydrogen-bond donors (Lipinski definition) is 1. The van der Waals surface area contributed by atoms with E-state index >= 15 is 0 Å². The Kier molecular flexibility index (Phi) is 5.05. The number of ether oxygens (including phenoxy) is 1. The van der Waals surface area contributed by atoms with E-state index in [4.69, 9.17) is 10.5 Å². The lowest BCUT2D eigenvalue weighted by Gasteiger charge is -2.29. The highest BCUT2D eigenvalue weighted by molar-refractivity contribution is 5.86. The highest BCUT2D eigenvalue weighted by atomic mass is 16.5. The number of para-hydroxylation sites is 1. The number of primary amides is 1. The zero-order valence-corrected chi connectivity index (χ0v) is 14.5. The van der Waals surface area contributed by atoms with E-state index in [0.717, 1.165) is 5.56 Å². The predicted octanol–water partition coefficient (Wildman–Crippen LogP) is 3.87. The van der Waals surface area contributed by atoms with Gasteiger partial charge >= 0.3 is 0 Å². The summed E-state index contributed by atoms with van der Waals surface area (Å²) in [4.78, 5) is 12.3. The third-order valence-electron chi connectivity index (χ3n) is 4.09. The van der Waals surface area contributed by atoms with E-state index in [1.807, 2.05) is 72.8 Å². The van der Waals surface area contributed by atoms with Gasteiger partial charge in [-0.3, -0.25) is 4.79 Å². The van der Waals surface area contributed by atoms with Gasteiger partial charge in [0.15, 0.2) is 0 Å². The van der Waals surface area contributed by atoms with Crippen LogP contribution >= 0.6 is 0 Å². The topological polar surface area (TPSA) is 52.3 Å². The first-order chi connectivity index (χ1) is 12.6. The summed E-state index contributed by atoms with van der Waals surface area (Å²) in [6, 6.07) is 26.2. The van der Waals surface area contributed by atoms with Gasteiger partial charge in [0.1, 0.15) is 5.75 Å².